The van der Waals surface area contributed by atoms with Crippen LogP contribution in [0.2, 0.25) is 0 Å². The van der Waals surface area contributed by atoms with Crippen molar-refractivity contribution in [1.29, 1.82) is 0 Å². The number of carbonyl (C=O) groups excluding carboxylic acids is 1. The van der Waals surface area contributed by atoms with E-state index in [1.54, 1.807) is 0 Å². The second-order valence-corrected chi connectivity index (χ2v) is 5.18. The number of ether oxygens (including phenoxy) is 1. The third-order valence-corrected chi connectivity index (χ3v) is 3.54. The van der Waals surface area contributed by atoms with Crippen molar-refractivity contribution in [3.8, 4) is 5.75 Å². The van der Waals surface area contributed by atoms with E-state index in [-0.39, 0.29) is 23.8 Å². The van der Waals surface area contributed by atoms with E-state index in [0.29, 0.717) is 5.69 Å². The Kier molecular flexibility index (Phi) is 5.09. The number of aliphatic hydroxyl groups excluding tert-OH is 1. The molecule has 1 aliphatic rings. The molecule has 0 saturated carbocycles. The van der Waals surface area contributed by atoms with Crippen LogP contribution in [0.4, 0.5) is 14.5 Å². The van der Waals surface area contributed by atoms with Crippen LogP contribution >= 0.6 is 12.2 Å². The Morgan fingerprint density at radius 1 is 1.45 bits per heavy atom. The van der Waals surface area contributed by atoms with Crippen LogP contribution in [-0.4, -0.2) is 46.3 Å². The number of likely N-dealkylation sites (tertiary alicyclic amines) is 1. The number of nitrogens with one attached hydrogen (secondary N) is 1. The molecule has 0 aromatic heterocycles. The molecular formula is C13H15F2N3O3S. The molecule has 0 spiro atoms. The minimum atomic E-state index is -2.89. The Morgan fingerprint density at radius 3 is 2.64 bits per heavy atom. The summed E-state index contributed by atoms with van der Waals surface area (Å²) >= 11 is 5.19. The highest BCUT2D eigenvalue weighted by atomic mass is 32.1. The molecule has 1 amide bonds. The number of nitrogens with zero attached hydrogens (tertiary/aromatic N) is 1. The Morgan fingerprint density at radius 2 is 2.09 bits per heavy atom. The molecule has 1 aromatic carbocycles. The largest absolute Gasteiger partial charge is 0.435 e. The number of β-amino-alcohol motifs (C(OH)–C–C–N with tert-alkyl or cyclic N) is 1. The molecule has 6 nitrogen and oxygen atoms in total. The van der Waals surface area contributed by atoms with Crippen LogP contribution in [0.15, 0.2) is 24.3 Å². The first-order valence-corrected chi connectivity index (χ1v) is 6.87. The fraction of sp³-hybridized carbons (Fsp3) is 0.385. The molecule has 1 aliphatic heterocycles. The predicted molar refractivity (Wildman–Crippen MR) is 79.6 cm³/mol. The van der Waals surface area contributed by atoms with E-state index >= 15 is 0 Å². The van der Waals surface area contributed by atoms with Crippen LogP contribution in [0, 0.1) is 0 Å². The maximum absolute atomic E-state index is 12.1. The monoisotopic (exact) mass is 331 g/mol. The molecule has 4 N–H and O–H groups in total. The van der Waals surface area contributed by atoms with Crippen LogP contribution in [0.5, 0.6) is 5.75 Å². The summed E-state index contributed by atoms with van der Waals surface area (Å²) in [5.41, 5.74) is 5.82. The standard InChI is InChI=1S/C13H15F2N3O3S/c14-12(15)21-9-3-1-7(2-4-9)17-13(22)18-6-8(19)5-10(18)11(16)20/h1-4,8,10,12,19H,5-6H2,(H2,16,20)(H,17,22)/t8-,10-/m0/s1. The number of hydrogen-bond acceptors (Lipinski definition) is 4. The summed E-state index contributed by atoms with van der Waals surface area (Å²) in [6, 6.07) is 5.07. The van der Waals surface area contributed by atoms with Crippen molar-refractivity contribution in [2.45, 2.75) is 25.2 Å². The van der Waals surface area contributed by atoms with Gasteiger partial charge in [0.1, 0.15) is 11.8 Å². The van der Waals surface area contributed by atoms with Gasteiger partial charge in [-0.25, -0.2) is 0 Å². The van der Waals surface area contributed by atoms with Crippen molar-refractivity contribution in [3.05, 3.63) is 24.3 Å². The van der Waals surface area contributed by atoms with Gasteiger partial charge in [-0.15, -0.1) is 0 Å². The number of aliphatic hydroxyl groups is 1. The number of primary amides is 1. The van der Waals surface area contributed by atoms with E-state index in [1.807, 2.05) is 0 Å². The summed E-state index contributed by atoms with van der Waals surface area (Å²) in [4.78, 5) is 12.9. The molecule has 2 atom stereocenters. The third kappa shape index (κ3) is 4.01. The Hall–Kier alpha value is -2.00. The van der Waals surface area contributed by atoms with Gasteiger partial charge in [0.05, 0.1) is 6.10 Å². The highest BCUT2D eigenvalue weighted by Gasteiger charge is 2.36. The summed E-state index contributed by atoms with van der Waals surface area (Å²) in [5, 5.41) is 12.7. The number of halogens is 2. The first kappa shape index (κ1) is 16.4. The lowest BCUT2D eigenvalue weighted by Gasteiger charge is -2.25. The predicted octanol–water partition coefficient (Wildman–Crippen LogP) is 0.905. The van der Waals surface area contributed by atoms with Crippen LogP contribution in [-0.2, 0) is 4.79 Å². The molecule has 1 fully saturated rings. The zero-order valence-electron chi connectivity index (χ0n) is 11.4. The van der Waals surface area contributed by atoms with Gasteiger partial charge in [0.25, 0.3) is 0 Å². The topological polar surface area (TPSA) is 87.8 Å². The normalized spacial score (nSPS) is 21.0. The van der Waals surface area contributed by atoms with Crippen molar-refractivity contribution in [1.82, 2.24) is 4.90 Å². The minimum Gasteiger partial charge on any atom is -0.435 e. The molecule has 0 radical (unpaired) electrons. The van der Waals surface area contributed by atoms with Gasteiger partial charge in [-0.1, -0.05) is 0 Å². The Balaban J connectivity index is 2.00. The van der Waals surface area contributed by atoms with Crippen molar-refractivity contribution in [3.63, 3.8) is 0 Å². The summed E-state index contributed by atoms with van der Waals surface area (Å²) in [6.07, 6.45) is -0.461. The highest BCUT2D eigenvalue weighted by Crippen LogP contribution is 2.21. The third-order valence-electron chi connectivity index (χ3n) is 3.20. The number of hydrogen-bond donors (Lipinski definition) is 3. The lowest BCUT2D eigenvalue weighted by Crippen LogP contribution is -2.45. The van der Waals surface area contributed by atoms with Gasteiger partial charge in [-0.3, -0.25) is 4.79 Å². The van der Waals surface area contributed by atoms with E-state index < -0.39 is 24.7 Å². The SMILES string of the molecule is NC(=O)[C@@H]1C[C@H](O)CN1C(=S)Nc1ccc(OC(F)F)cc1. The quantitative estimate of drug-likeness (QED) is 0.711. The number of amides is 1. The average molecular weight is 331 g/mol. The smallest absolute Gasteiger partial charge is 0.387 e. The van der Waals surface area contributed by atoms with E-state index in [1.165, 1.54) is 29.2 Å². The summed E-state index contributed by atoms with van der Waals surface area (Å²) in [7, 11) is 0. The second-order valence-electron chi connectivity index (χ2n) is 4.79. The molecule has 0 bridgehead atoms. The van der Waals surface area contributed by atoms with Crippen LogP contribution in [0.25, 0.3) is 0 Å². The number of thiocarbonyl (C=S) groups is 1. The van der Waals surface area contributed by atoms with Crippen molar-refractivity contribution in [2.24, 2.45) is 5.73 Å². The molecule has 2 rings (SSSR count). The number of benzene rings is 1. The highest BCUT2D eigenvalue weighted by molar-refractivity contribution is 7.80. The maximum atomic E-state index is 12.1. The average Bonchev–Trinajstić information content (AvgIpc) is 2.83. The maximum Gasteiger partial charge on any atom is 0.387 e. The number of alkyl halides is 2. The fourth-order valence-corrected chi connectivity index (χ4v) is 2.54. The fourth-order valence-electron chi connectivity index (χ4n) is 2.22. The molecule has 1 heterocycles. The van der Waals surface area contributed by atoms with E-state index in [0.717, 1.165) is 0 Å². The molecule has 0 unspecified atom stereocenters. The molecule has 22 heavy (non-hydrogen) atoms. The Labute approximate surface area is 130 Å². The van der Waals surface area contributed by atoms with Gasteiger partial charge in [0.2, 0.25) is 5.91 Å². The van der Waals surface area contributed by atoms with Crippen molar-refractivity contribution in [2.75, 3.05) is 11.9 Å². The number of nitrogens with two attached hydrogens (primary N) is 1. The lowest BCUT2D eigenvalue weighted by atomic mass is 10.2. The van der Waals surface area contributed by atoms with Gasteiger partial charge < -0.3 is 25.8 Å². The molecular weight excluding hydrogens is 316 g/mol. The van der Waals surface area contributed by atoms with Gasteiger partial charge >= 0.3 is 6.61 Å². The van der Waals surface area contributed by atoms with E-state index in [4.69, 9.17) is 18.0 Å². The van der Waals surface area contributed by atoms with E-state index in [9.17, 15) is 18.7 Å². The zero-order chi connectivity index (χ0) is 16.3. The molecule has 1 saturated heterocycles. The minimum absolute atomic E-state index is 0.0260. The summed E-state index contributed by atoms with van der Waals surface area (Å²) in [6.45, 7) is -2.69. The van der Waals surface area contributed by atoms with E-state index in [2.05, 4.69) is 10.1 Å². The van der Waals surface area contributed by atoms with Crippen LogP contribution < -0.4 is 15.8 Å². The first-order chi connectivity index (χ1) is 10.4. The van der Waals surface area contributed by atoms with Crippen LogP contribution in [0.3, 0.4) is 0 Å². The number of carbonyl (C=O) groups is 1. The van der Waals surface area contributed by atoms with Crippen molar-refractivity contribution >= 4 is 28.9 Å². The molecule has 0 aliphatic carbocycles. The Bertz CT molecular complexity index is 556. The van der Waals surface area contributed by atoms with Gasteiger partial charge in [-0.05, 0) is 36.5 Å². The summed E-state index contributed by atoms with van der Waals surface area (Å²) < 4.78 is 28.4. The molecule has 9 heteroatoms. The second kappa shape index (κ2) is 6.84. The number of anilines is 1. The lowest BCUT2D eigenvalue weighted by molar-refractivity contribution is -0.121. The molecule has 1 aromatic rings. The first-order valence-electron chi connectivity index (χ1n) is 6.46. The summed E-state index contributed by atoms with van der Waals surface area (Å²) in [5.74, 6) is -0.542. The van der Waals surface area contributed by atoms with Crippen molar-refractivity contribution < 1.29 is 23.4 Å². The number of rotatable bonds is 4. The van der Waals surface area contributed by atoms with Gasteiger partial charge in [-0.2, -0.15) is 8.78 Å². The molecule has 120 valence electrons. The zero-order valence-corrected chi connectivity index (χ0v) is 12.2. The van der Waals surface area contributed by atoms with Crippen LogP contribution in [0.1, 0.15) is 6.42 Å². The van der Waals surface area contributed by atoms with Gasteiger partial charge in [0.15, 0.2) is 5.11 Å². The van der Waals surface area contributed by atoms with Gasteiger partial charge in [0, 0.05) is 18.7 Å².